The van der Waals surface area contributed by atoms with Gasteiger partial charge in [-0.2, -0.15) is 0 Å². The number of carbonyl (C=O) groups excluding carboxylic acids is 1. The lowest BCUT2D eigenvalue weighted by Crippen LogP contribution is -2.44. The molecule has 0 aliphatic carbocycles. The fraction of sp³-hybridized carbons (Fsp3) is 0.960. The second-order valence-corrected chi connectivity index (χ2v) is 8.87. The molecule has 0 aromatic rings. The first-order chi connectivity index (χ1) is 14.6. The molecule has 0 aliphatic rings. The molecule has 0 aromatic carbocycles. The van der Waals surface area contributed by atoms with E-state index in [2.05, 4.69) is 13.8 Å². The Kier molecular flexibility index (Phi) is 21.1. The van der Waals surface area contributed by atoms with Crippen LogP contribution in [0.1, 0.15) is 123 Å². The summed E-state index contributed by atoms with van der Waals surface area (Å²) in [5.74, 6) is -0.304. The molecule has 0 spiro atoms. The summed E-state index contributed by atoms with van der Waals surface area (Å²) in [6.45, 7) is 4.66. The number of aliphatic hydroxyl groups excluding tert-OH is 3. The fourth-order valence-electron chi connectivity index (χ4n) is 3.85. The van der Waals surface area contributed by atoms with Gasteiger partial charge in [0.05, 0.1) is 12.7 Å². The number of aliphatic hydroxyl groups is 3. The van der Waals surface area contributed by atoms with Crippen LogP contribution in [0.25, 0.3) is 0 Å². The summed E-state index contributed by atoms with van der Waals surface area (Å²) in [5, 5.41) is 29.1. The van der Waals surface area contributed by atoms with Crippen LogP contribution in [0.5, 0.6) is 0 Å². The van der Waals surface area contributed by atoms with E-state index in [0.717, 1.165) is 38.5 Å². The monoisotopic (exact) mass is 429 g/mol. The molecule has 0 radical (unpaired) electrons. The lowest BCUT2D eigenvalue weighted by molar-refractivity contribution is -0.142. The zero-order chi connectivity index (χ0) is 22.5. The van der Waals surface area contributed by atoms with E-state index in [-0.39, 0.29) is 19.1 Å². The van der Waals surface area contributed by atoms with Crippen LogP contribution in [0, 0.1) is 0 Å². The first kappa shape index (κ1) is 29.4. The number of carbonyl (C=O) groups is 1. The van der Waals surface area contributed by atoms with Crippen molar-refractivity contribution < 1.29 is 20.1 Å². The normalized spacial score (nSPS) is 13.4. The molecule has 0 aliphatic heterocycles. The standard InChI is InChI=1S/C25H51NO4/c1-3-5-7-9-10-11-12-13-14-15-16-18-20-26(21-23(28)22-27)25(30)24(29)19-17-8-6-4-2/h23-24,27-29H,3-22H2,1-2H3. The lowest BCUT2D eigenvalue weighted by Gasteiger charge is -2.27. The van der Waals surface area contributed by atoms with E-state index in [9.17, 15) is 15.0 Å². The van der Waals surface area contributed by atoms with Gasteiger partial charge in [-0.25, -0.2) is 0 Å². The third-order valence-electron chi connectivity index (χ3n) is 5.85. The summed E-state index contributed by atoms with van der Waals surface area (Å²) < 4.78 is 0. The van der Waals surface area contributed by atoms with Crippen LogP contribution in [-0.4, -0.2) is 58.0 Å². The highest BCUT2D eigenvalue weighted by atomic mass is 16.3. The third-order valence-corrected chi connectivity index (χ3v) is 5.85. The predicted molar refractivity (Wildman–Crippen MR) is 126 cm³/mol. The smallest absolute Gasteiger partial charge is 0.251 e. The molecule has 180 valence electrons. The largest absolute Gasteiger partial charge is 0.394 e. The van der Waals surface area contributed by atoms with Crippen molar-refractivity contribution in [2.45, 2.75) is 135 Å². The highest BCUT2D eigenvalue weighted by Crippen LogP contribution is 2.13. The van der Waals surface area contributed by atoms with Crippen LogP contribution in [0.2, 0.25) is 0 Å². The van der Waals surface area contributed by atoms with Gasteiger partial charge in [-0.15, -0.1) is 0 Å². The maximum Gasteiger partial charge on any atom is 0.251 e. The zero-order valence-corrected chi connectivity index (χ0v) is 20.0. The van der Waals surface area contributed by atoms with Crippen LogP contribution in [0.15, 0.2) is 0 Å². The molecule has 5 heteroatoms. The molecule has 5 nitrogen and oxygen atoms in total. The first-order valence-corrected chi connectivity index (χ1v) is 12.8. The first-order valence-electron chi connectivity index (χ1n) is 12.8. The van der Waals surface area contributed by atoms with Gasteiger partial charge >= 0.3 is 0 Å². The molecule has 2 unspecified atom stereocenters. The van der Waals surface area contributed by atoms with Crippen molar-refractivity contribution in [1.29, 1.82) is 0 Å². The second kappa shape index (κ2) is 21.6. The maximum atomic E-state index is 12.6. The number of rotatable bonds is 22. The van der Waals surface area contributed by atoms with Gasteiger partial charge in [0.1, 0.15) is 6.10 Å². The van der Waals surface area contributed by atoms with Gasteiger partial charge in [0, 0.05) is 13.1 Å². The minimum atomic E-state index is -0.995. The van der Waals surface area contributed by atoms with Crippen molar-refractivity contribution in [2.24, 2.45) is 0 Å². The summed E-state index contributed by atoms with van der Waals surface area (Å²) in [6, 6.07) is 0. The van der Waals surface area contributed by atoms with E-state index in [1.54, 1.807) is 4.90 Å². The van der Waals surface area contributed by atoms with Crippen LogP contribution < -0.4 is 0 Å². The Morgan fingerprint density at radius 2 is 1.13 bits per heavy atom. The Morgan fingerprint density at radius 1 is 0.700 bits per heavy atom. The molecule has 0 fully saturated rings. The van der Waals surface area contributed by atoms with Gasteiger partial charge < -0.3 is 20.2 Å². The average molecular weight is 430 g/mol. The molecule has 0 saturated heterocycles. The van der Waals surface area contributed by atoms with Crippen molar-refractivity contribution in [3.05, 3.63) is 0 Å². The van der Waals surface area contributed by atoms with Crippen molar-refractivity contribution in [1.82, 2.24) is 4.90 Å². The van der Waals surface area contributed by atoms with E-state index in [1.807, 2.05) is 0 Å². The molecule has 0 heterocycles. The number of hydrogen-bond donors (Lipinski definition) is 3. The summed E-state index contributed by atoms with van der Waals surface area (Å²) in [5.41, 5.74) is 0. The van der Waals surface area contributed by atoms with E-state index in [0.29, 0.717) is 13.0 Å². The highest BCUT2D eigenvalue weighted by Gasteiger charge is 2.23. The van der Waals surface area contributed by atoms with Crippen molar-refractivity contribution in [2.75, 3.05) is 19.7 Å². The quantitative estimate of drug-likeness (QED) is 0.207. The Bertz CT molecular complexity index is 378. The topological polar surface area (TPSA) is 81.0 Å². The molecule has 0 saturated carbocycles. The third kappa shape index (κ3) is 17.1. The summed E-state index contributed by atoms with van der Waals surface area (Å²) >= 11 is 0. The second-order valence-electron chi connectivity index (χ2n) is 8.87. The van der Waals surface area contributed by atoms with Gasteiger partial charge in [-0.3, -0.25) is 4.79 Å². The number of unbranched alkanes of at least 4 members (excludes halogenated alkanes) is 14. The van der Waals surface area contributed by atoms with Crippen LogP contribution in [0.4, 0.5) is 0 Å². The zero-order valence-electron chi connectivity index (χ0n) is 20.0. The minimum absolute atomic E-state index is 0.0966. The number of hydrogen-bond acceptors (Lipinski definition) is 4. The van der Waals surface area contributed by atoms with E-state index >= 15 is 0 Å². The van der Waals surface area contributed by atoms with Crippen LogP contribution >= 0.6 is 0 Å². The summed E-state index contributed by atoms with van der Waals surface area (Å²) in [6.07, 6.45) is 17.7. The Labute approximate surface area is 186 Å². The van der Waals surface area contributed by atoms with Gasteiger partial charge in [0.15, 0.2) is 0 Å². The molecule has 2 atom stereocenters. The van der Waals surface area contributed by atoms with Crippen molar-refractivity contribution in [3.63, 3.8) is 0 Å². The lowest BCUT2D eigenvalue weighted by atomic mass is 10.0. The molecule has 3 N–H and O–H groups in total. The Hall–Kier alpha value is -0.650. The molecular weight excluding hydrogens is 378 g/mol. The van der Waals surface area contributed by atoms with E-state index < -0.39 is 12.2 Å². The molecule has 0 rings (SSSR count). The maximum absolute atomic E-state index is 12.6. The molecular formula is C25H51NO4. The van der Waals surface area contributed by atoms with Gasteiger partial charge in [0.25, 0.3) is 5.91 Å². The predicted octanol–water partition coefficient (Wildman–Crippen LogP) is 5.20. The van der Waals surface area contributed by atoms with Crippen molar-refractivity contribution in [3.8, 4) is 0 Å². The summed E-state index contributed by atoms with van der Waals surface area (Å²) in [7, 11) is 0. The fourth-order valence-corrected chi connectivity index (χ4v) is 3.85. The molecule has 0 aromatic heterocycles. The van der Waals surface area contributed by atoms with Crippen LogP contribution in [-0.2, 0) is 4.79 Å². The Balaban J connectivity index is 3.98. The van der Waals surface area contributed by atoms with Crippen molar-refractivity contribution >= 4 is 5.91 Å². The van der Waals surface area contributed by atoms with Crippen LogP contribution in [0.3, 0.4) is 0 Å². The van der Waals surface area contributed by atoms with Gasteiger partial charge in [-0.05, 0) is 12.8 Å². The number of amides is 1. The van der Waals surface area contributed by atoms with Gasteiger partial charge in [0.2, 0.25) is 0 Å². The average Bonchev–Trinajstić information content (AvgIpc) is 2.75. The van der Waals surface area contributed by atoms with E-state index in [1.165, 1.54) is 64.2 Å². The SMILES string of the molecule is CCCCCCCCCCCCCCN(CC(O)CO)C(=O)C(O)CCCCCC. The van der Waals surface area contributed by atoms with Gasteiger partial charge in [-0.1, -0.05) is 110 Å². The minimum Gasteiger partial charge on any atom is -0.394 e. The molecule has 1 amide bonds. The Morgan fingerprint density at radius 3 is 1.60 bits per heavy atom. The molecule has 30 heavy (non-hydrogen) atoms. The summed E-state index contributed by atoms with van der Waals surface area (Å²) in [4.78, 5) is 14.1. The number of nitrogens with zero attached hydrogens (tertiary/aromatic N) is 1. The molecule has 0 bridgehead atoms. The highest BCUT2D eigenvalue weighted by molar-refractivity contribution is 5.80. The van der Waals surface area contributed by atoms with E-state index in [4.69, 9.17) is 5.11 Å².